The van der Waals surface area contributed by atoms with Crippen LogP contribution in [0, 0.1) is 4.77 Å². The van der Waals surface area contributed by atoms with Gasteiger partial charge in [-0.25, -0.2) is 0 Å². The van der Waals surface area contributed by atoms with Crippen LogP contribution in [0.5, 0.6) is 0 Å². The molecule has 6 nitrogen and oxygen atoms in total. The van der Waals surface area contributed by atoms with Crippen molar-refractivity contribution in [2.75, 3.05) is 12.0 Å². The maximum Gasteiger partial charge on any atom is 0.258 e. The van der Waals surface area contributed by atoms with Crippen LogP contribution >= 0.6 is 23.8 Å². The van der Waals surface area contributed by atoms with Crippen molar-refractivity contribution < 1.29 is 4.42 Å². The van der Waals surface area contributed by atoms with Crippen LogP contribution in [0.25, 0.3) is 5.69 Å². The van der Waals surface area contributed by atoms with Crippen LogP contribution in [-0.2, 0) is 13.1 Å². The van der Waals surface area contributed by atoms with Gasteiger partial charge in [-0.1, -0.05) is 23.7 Å². The fourth-order valence-corrected chi connectivity index (χ4v) is 3.47. The van der Waals surface area contributed by atoms with E-state index in [0.717, 1.165) is 11.4 Å². The highest BCUT2D eigenvalue weighted by Crippen LogP contribution is 2.27. The van der Waals surface area contributed by atoms with Gasteiger partial charge in [0.05, 0.1) is 35.8 Å². The van der Waals surface area contributed by atoms with Gasteiger partial charge in [0.1, 0.15) is 11.6 Å². The Morgan fingerprint density at radius 2 is 2.08 bits per heavy atom. The number of nitrogens with one attached hydrogen (secondary N) is 2. The van der Waals surface area contributed by atoms with Crippen LogP contribution in [0.4, 0.5) is 5.82 Å². The Labute approximate surface area is 153 Å². The molecule has 1 aliphatic heterocycles. The van der Waals surface area contributed by atoms with E-state index in [2.05, 4.69) is 15.2 Å². The maximum absolute atomic E-state index is 12.4. The zero-order valence-corrected chi connectivity index (χ0v) is 14.7. The number of aromatic nitrogens is 2. The molecule has 0 aliphatic carbocycles. The largest absolute Gasteiger partial charge is 0.468 e. The van der Waals surface area contributed by atoms with Crippen molar-refractivity contribution in [3.05, 3.63) is 74.1 Å². The minimum Gasteiger partial charge on any atom is -0.468 e. The molecule has 8 heteroatoms. The molecule has 3 heterocycles. The number of hydrogen-bond acceptors (Lipinski definition) is 5. The molecule has 0 saturated heterocycles. The van der Waals surface area contributed by atoms with Gasteiger partial charge < -0.3 is 9.73 Å². The van der Waals surface area contributed by atoms with Gasteiger partial charge in [-0.05, 0) is 36.5 Å². The Kier molecular flexibility index (Phi) is 4.20. The first-order valence-corrected chi connectivity index (χ1v) is 8.54. The third-order valence-corrected chi connectivity index (χ3v) is 4.72. The van der Waals surface area contributed by atoms with Gasteiger partial charge in [0.25, 0.3) is 5.56 Å². The molecule has 0 bridgehead atoms. The molecular formula is C17H15ClN4O2S. The molecule has 0 fully saturated rings. The smallest absolute Gasteiger partial charge is 0.258 e. The van der Waals surface area contributed by atoms with Crippen LogP contribution in [-0.4, -0.2) is 21.1 Å². The van der Waals surface area contributed by atoms with Gasteiger partial charge in [-0.3, -0.25) is 19.2 Å². The highest BCUT2D eigenvalue weighted by Gasteiger charge is 2.23. The first-order chi connectivity index (χ1) is 12.1. The molecule has 0 spiro atoms. The van der Waals surface area contributed by atoms with Crippen molar-refractivity contribution in [3.63, 3.8) is 0 Å². The number of furan rings is 1. The number of fused-ring (bicyclic) bond motifs is 1. The van der Waals surface area contributed by atoms with E-state index in [4.69, 9.17) is 28.2 Å². The molecule has 1 aliphatic rings. The fraction of sp³-hybridized carbons (Fsp3) is 0.176. The molecule has 0 saturated carbocycles. The predicted molar refractivity (Wildman–Crippen MR) is 98.7 cm³/mol. The van der Waals surface area contributed by atoms with Crippen molar-refractivity contribution in [1.82, 2.24) is 14.5 Å². The van der Waals surface area contributed by atoms with Gasteiger partial charge in [0.15, 0.2) is 4.77 Å². The zero-order valence-electron chi connectivity index (χ0n) is 13.2. The monoisotopic (exact) mass is 374 g/mol. The fourth-order valence-electron chi connectivity index (χ4n) is 2.97. The summed E-state index contributed by atoms with van der Waals surface area (Å²) >= 11 is 11.7. The molecule has 1 aromatic carbocycles. The number of anilines is 1. The maximum atomic E-state index is 12.4. The predicted octanol–water partition coefficient (Wildman–Crippen LogP) is 3.53. The standard InChI is InChI=1S/C17H15ClN4O2S/c18-13-5-1-2-6-14(13)22-15-12(16(23)20-17(22)25)9-21(10-19-15)8-11-4-3-7-24-11/h1-7,19H,8-10H2,(H,20,23,25). The Hall–Kier alpha value is -2.35. The lowest BCUT2D eigenvalue weighted by Crippen LogP contribution is -2.38. The summed E-state index contributed by atoms with van der Waals surface area (Å²) in [7, 11) is 0. The number of hydrogen-bond donors (Lipinski definition) is 2. The summed E-state index contributed by atoms with van der Waals surface area (Å²) in [6.45, 7) is 1.66. The summed E-state index contributed by atoms with van der Waals surface area (Å²) in [5.74, 6) is 1.53. The summed E-state index contributed by atoms with van der Waals surface area (Å²) in [4.78, 5) is 17.3. The highest BCUT2D eigenvalue weighted by molar-refractivity contribution is 7.71. The van der Waals surface area contributed by atoms with Gasteiger partial charge >= 0.3 is 0 Å². The van der Waals surface area contributed by atoms with E-state index in [1.807, 2.05) is 30.3 Å². The summed E-state index contributed by atoms with van der Waals surface area (Å²) in [5, 5.41) is 3.87. The van der Waals surface area contributed by atoms with Gasteiger partial charge in [-0.2, -0.15) is 0 Å². The third kappa shape index (κ3) is 3.02. The topological polar surface area (TPSA) is 66.2 Å². The van der Waals surface area contributed by atoms with Crippen molar-refractivity contribution in [1.29, 1.82) is 0 Å². The minimum atomic E-state index is -0.194. The summed E-state index contributed by atoms with van der Waals surface area (Å²) < 4.78 is 7.47. The molecule has 4 rings (SSSR count). The Balaban J connectivity index is 1.77. The second-order valence-corrected chi connectivity index (χ2v) is 6.57. The number of para-hydroxylation sites is 1. The Morgan fingerprint density at radius 1 is 1.24 bits per heavy atom. The van der Waals surface area contributed by atoms with Crippen molar-refractivity contribution in [2.45, 2.75) is 13.1 Å². The van der Waals surface area contributed by atoms with Crippen LogP contribution in [0.15, 0.2) is 51.9 Å². The van der Waals surface area contributed by atoms with Gasteiger partial charge in [0.2, 0.25) is 0 Å². The molecule has 2 aromatic heterocycles. The SMILES string of the molecule is O=c1[nH]c(=S)n(-c2ccccc2Cl)c2c1CN(Cc1ccco1)CN2. The van der Waals surface area contributed by atoms with Crippen LogP contribution in [0.3, 0.4) is 0 Å². The molecule has 0 atom stereocenters. The first kappa shape index (κ1) is 16.1. The van der Waals surface area contributed by atoms with Crippen molar-refractivity contribution in [2.24, 2.45) is 0 Å². The lowest BCUT2D eigenvalue weighted by molar-refractivity contribution is 0.241. The van der Waals surface area contributed by atoms with Crippen molar-refractivity contribution in [3.8, 4) is 5.69 Å². The van der Waals surface area contributed by atoms with Gasteiger partial charge in [0, 0.05) is 6.54 Å². The lowest BCUT2D eigenvalue weighted by Gasteiger charge is -2.30. The third-order valence-electron chi connectivity index (χ3n) is 4.11. The summed E-state index contributed by atoms with van der Waals surface area (Å²) in [5.41, 5.74) is 1.15. The molecule has 25 heavy (non-hydrogen) atoms. The Bertz CT molecular complexity index is 1030. The number of halogens is 1. The van der Waals surface area contributed by atoms with Crippen LogP contribution in [0.2, 0.25) is 5.02 Å². The van der Waals surface area contributed by atoms with Crippen molar-refractivity contribution >= 4 is 29.6 Å². The molecule has 0 radical (unpaired) electrons. The van der Waals surface area contributed by atoms with E-state index < -0.39 is 0 Å². The van der Waals surface area contributed by atoms with E-state index in [-0.39, 0.29) is 5.56 Å². The van der Waals surface area contributed by atoms with E-state index in [1.54, 1.807) is 16.9 Å². The van der Waals surface area contributed by atoms with Crippen LogP contribution < -0.4 is 10.9 Å². The molecule has 3 aromatic rings. The van der Waals surface area contributed by atoms with E-state index in [1.165, 1.54) is 0 Å². The average molecular weight is 375 g/mol. The quantitative estimate of drug-likeness (QED) is 0.686. The van der Waals surface area contributed by atoms with E-state index >= 15 is 0 Å². The number of H-pyrrole nitrogens is 1. The lowest BCUT2D eigenvalue weighted by atomic mass is 10.2. The van der Waals surface area contributed by atoms with E-state index in [0.29, 0.717) is 40.9 Å². The average Bonchev–Trinajstić information content (AvgIpc) is 3.10. The number of nitrogens with zero attached hydrogens (tertiary/aromatic N) is 2. The molecule has 2 N–H and O–H groups in total. The zero-order chi connectivity index (χ0) is 17.4. The molecule has 0 unspecified atom stereocenters. The normalized spacial score (nSPS) is 14.1. The minimum absolute atomic E-state index is 0.194. The number of benzene rings is 1. The summed E-state index contributed by atoms with van der Waals surface area (Å²) in [6.07, 6.45) is 1.64. The Morgan fingerprint density at radius 3 is 2.84 bits per heavy atom. The second-order valence-electron chi connectivity index (χ2n) is 5.77. The first-order valence-electron chi connectivity index (χ1n) is 7.75. The summed E-state index contributed by atoms with van der Waals surface area (Å²) in [6, 6.07) is 11.2. The van der Waals surface area contributed by atoms with Crippen LogP contribution in [0.1, 0.15) is 11.3 Å². The molecule has 128 valence electrons. The van der Waals surface area contributed by atoms with E-state index in [9.17, 15) is 4.79 Å². The number of rotatable bonds is 3. The molecular weight excluding hydrogens is 360 g/mol. The molecule has 0 amide bonds. The highest BCUT2D eigenvalue weighted by atomic mass is 35.5. The second kappa shape index (κ2) is 6.51. The van der Waals surface area contributed by atoms with Gasteiger partial charge in [-0.15, -0.1) is 0 Å². The number of aromatic amines is 1.